The molecular weight excluding hydrogens is 368 g/mol. The quantitative estimate of drug-likeness (QED) is 0.780. The van der Waals surface area contributed by atoms with Gasteiger partial charge in [0.15, 0.2) is 0 Å². The molecule has 0 bridgehead atoms. The topological polar surface area (TPSA) is 32.3 Å². The van der Waals surface area contributed by atoms with Crippen molar-refractivity contribution < 1.29 is 9.50 Å². The second kappa shape index (κ2) is 6.76. The van der Waals surface area contributed by atoms with E-state index in [-0.39, 0.29) is 12.4 Å². The van der Waals surface area contributed by atoms with E-state index in [2.05, 4.69) is 21.2 Å². The van der Waals surface area contributed by atoms with Crippen molar-refractivity contribution in [1.82, 2.24) is 0 Å². The maximum atomic E-state index is 13.1. The summed E-state index contributed by atoms with van der Waals surface area (Å²) in [5.41, 5.74) is 1.02. The number of aliphatic hydroxyl groups excluding tert-OH is 1. The van der Waals surface area contributed by atoms with Crippen molar-refractivity contribution in [3.8, 4) is 0 Å². The van der Waals surface area contributed by atoms with Gasteiger partial charge in [0.2, 0.25) is 0 Å². The van der Waals surface area contributed by atoms with Crippen molar-refractivity contribution in [2.45, 2.75) is 6.10 Å². The van der Waals surface area contributed by atoms with Gasteiger partial charge in [0.1, 0.15) is 5.82 Å². The first-order chi connectivity index (χ1) is 9.47. The van der Waals surface area contributed by atoms with Crippen LogP contribution in [0, 0.1) is 5.82 Å². The van der Waals surface area contributed by atoms with Gasteiger partial charge in [-0.3, -0.25) is 0 Å². The monoisotopic (exact) mass is 377 g/mol. The van der Waals surface area contributed by atoms with E-state index >= 15 is 0 Å². The van der Waals surface area contributed by atoms with Crippen molar-refractivity contribution >= 4 is 44.8 Å². The molecule has 0 amide bonds. The Labute approximate surface area is 134 Å². The Hall–Kier alpha value is -0.810. The van der Waals surface area contributed by atoms with Crippen LogP contribution in [0.15, 0.2) is 40.9 Å². The van der Waals surface area contributed by atoms with Gasteiger partial charge in [-0.05, 0) is 29.8 Å². The van der Waals surface area contributed by atoms with E-state index in [4.69, 9.17) is 23.2 Å². The molecular formula is C14H11BrCl2FNO. The molecule has 2 rings (SSSR count). The van der Waals surface area contributed by atoms with Gasteiger partial charge in [0, 0.05) is 11.0 Å². The fourth-order valence-electron chi connectivity index (χ4n) is 1.74. The fourth-order valence-corrected chi connectivity index (χ4v) is 3.08. The Morgan fingerprint density at radius 1 is 1.20 bits per heavy atom. The SMILES string of the molecule is OC(CNc1c(Cl)cc(Br)cc1Cl)c1cccc(F)c1. The molecule has 1 atom stereocenters. The average molecular weight is 379 g/mol. The van der Waals surface area contributed by atoms with Crippen molar-refractivity contribution in [3.05, 3.63) is 62.3 Å². The third-order valence-electron chi connectivity index (χ3n) is 2.71. The summed E-state index contributed by atoms with van der Waals surface area (Å²) < 4.78 is 13.9. The van der Waals surface area contributed by atoms with Crippen LogP contribution in [-0.2, 0) is 0 Å². The Kier molecular flexibility index (Phi) is 5.27. The number of hydrogen-bond donors (Lipinski definition) is 2. The van der Waals surface area contributed by atoms with Crippen molar-refractivity contribution in [3.63, 3.8) is 0 Å². The summed E-state index contributed by atoms with van der Waals surface area (Å²) in [6.45, 7) is 0.171. The lowest BCUT2D eigenvalue weighted by Gasteiger charge is -2.15. The van der Waals surface area contributed by atoms with Crippen molar-refractivity contribution in [2.24, 2.45) is 0 Å². The smallest absolute Gasteiger partial charge is 0.123 e. The molecule has 2 nitrogen and oxygen atoms in total. The zero-order valence-corrected chi connectivity index (χ0v) is 13.3. The van der Waals surface area contributed by atoms with Gasteiger partial charge < -0.3 is 10.4 Å². The molecule has 0 saturated carbocycles. The maximum Gasteiger partial charge on any atom is 0.123 e. The minimum absolute atomic E-state index is 0.171. The molecule has 0 fully saturated rings. The molecule has 2 aromatic rings. The van der Waals surface area contributed by atoms with Crippen LogP contribution in [0.2, 0.25) is 10.0 Å². The molecule has 0 aliphatic rings. The lowest BCUT2D eigenvalue weighted by molar-refractivity contribution is 0.191. The number of benzene rings is 2. The van der Waals surface area contributed by atoms with E-state index in [1.54, 1.807) is 24.3 Å². The van der Waals surface area contributed by atoms with Crippen LogP contribution < -0.4 is 5.32 Å². The van der Waals surface area contributed by atoms with Gasteiger partial charge in [0.25, 0.3) is 0 Å². The highest BCUT2D eigenvalue weighted by Crippen LogP contribution is 2.34. The highest BCUT2D eigenvalue weighted by atomic mass is 79.9. The second-order valence-corrected chi connectivity index (χ2v) is 5.93. The van der Waals surface area contributed by atoms with E-state index in [1.165, 1.54) is 12.1 Å². The second-order valence-electron chi connectivity index (χ2n) is 4.20. The summed E-state index contributed by atoms with van der Waals surface area (Å²) in [6.07, 6.45) is -0.860. The summed E-state index contributed by atoms with van der Waals surface area (Å²) in [6, 6.07) is 9.21. The molecule has 0 heterocycles. The van der Waals surface area contributed by atoms with Gasteiger partial charge >= 0.3 is 0 Å². The van der Waals surface area contributed by atoms with Crippen LogP contribution >= 0.6 is 39.1 Å². The van der Waals surface area contributed by atoms with Crippen molar-refractivity contribution in [1.29, 1.82) is 0 Å². The third kappa shape index (κ3) is 3.85. The molecule has 0 saturated heterocycles. The van der Waals surface area contributed by atoms with Crippen LogP contribution in [-0.4, -0.2) is 11.7 Å². The number of hydrogen-bond acceptors (Lipinski definition) is 2. The zero-order chi connectivity index (χ0) is 14.7. The van der Waals surface area contributed by atoms with E-state index in [1.807, 2.05) is 0 Å². The fraction of sp³-hybridized carbons (Fsp3) is 0.143. The van der Waals surface area contributed by atoms with Crippen LogP contribution in [0.4, 0.5) is 10.1 Å². The van der Waals surface area contributed by atoms with Crippen molar-refractivity contribution in [2.75, 3.05) is 11.9 Å². The van der Waals surface area contributed by atoms with Gasteiger partial charge in [-0.25, -0.2) is 4.39 Å². The first-order valence-corrected chi connectivity index (χ1v) is 7.34. The van der Waals surface area contributed by atoms with Crippen LogP contribution in [0.5, 0.6) is 0 Å². The number of rotatable bonds is 4. The minimum atomic E-state index is -0.860. The first-order valence-electron chi connectivity index (χ1n) is 5.79. The molecule has 2 N–H and O–H groups in total. The summed E-state index contributed by atoms with van der Waals surface area (Å²) >= 11 is 15.4. The molecule has 106 valence electrons. The highest BCUT2D eigenvalue weighted by Gasteiger charge is 2.12. The number of anilines is 1. The first kappa shape index (κ1) is 15.6. The summed E-state index contributed by atoms with van der Waals surface area (Å²) in [5, 5.41) is 13.9. The van der Waals surface area contributed by atoms with E-state index in [0.29, 0.717) is 21.3 Å². The Morgan fingerprint density at radius 2 is 1.85 bits per heavy atom. The molecule has 1 unspecified atom stereocenters. The minimum Gasteiger partial charge on any atom is -0.387 e. The summed E-state index contributed by atoms with van der Waals surface area (Å²) in [5.74, 6) is -0.388. The Morgan fingerprint density at radius 3 is 2.45 bits per heavy atom. The van der Waals surface area contributed by atoms with Gasteiger partial charge in [0.05, 0.1) is 21.8 Å². The van der Waals surface area contributed by atoms with E-state index < -0.39 is 6.10 Å². The number of aliphatic hydroxyl groups is 1. The highest BCUT2D eigenvalue weighted by molar-refractivity contribution is 9.10. The summed E-state index contributed by atoms with van der Waals surface area (Å²) in [4.78, 5) is 0. The zero-order valence-electron chi connectivity index (χ0n) is 10.2. The van der Waals surface area contributed by atoms with Crippen LogP contribution in [0.3, 0.4) is 0 Å². The number of nitrogens with one attached hydrogen (secondary N) is 1. The standard InChI is InChI=1S/C14H11BrCl2FNO/c15-9-5-11(16)14(12(17)6-9)19-7-13(20)8-2-1-3-10(18)4-8/h1-6,13,19-20H,7H2. The molecule has 6 heteroatoms. The summed E-state index contributed by atoms with van der Waals surface area (Å²) in [7, 11) is 0. The van der Waals surface area contributed by atoms with Gasteiger partial charge in [-0.15, -0.1) is 0 Å². The average Bonchev–Trinajstić information content (AvgIpc) is 2.37. The van der Waals surface area contributed by atoms with Gasteiger partial charge in [-0.2, -0.15) is 0 Å². The Bertz CT molecular complexity index is 601. The Balaban J connectivity index is 2.09. The molecule has 0 spiro atoms. The van der Waals surface area contributed by atoms with E-state index in [9.17, 15) is 9.50 Å². The predicted molar refractivity (Wildman–Crippen MR) is 84.0 cm³/mol. The molecule has 2 aromatic carbocycles. The molecule has 0 aromatic heterocycles. The lowest BCUT2D eigenvalue weighted by atomic mass is 10.1. The third-order valence-corrected chi connectivity index (χ3v) is 3.77. The molecule has 0 radical (unpaired) electrons. The molecule has 0 aliphatic heterocycles. The molecule has 20 heavy (non-hydrogen) atoms. The lowest BCUT2D eigenvalue weighted by Crippen LogP contribution is -2.12. The maximum absolute atomic E-state index is 13.1. The molecule has 0 aliphatic carbocycles. The van der Waals surface area contributed by atoms with Gasteiger partial charge in [-0.1, -0.05) is 51.3 Å². The van der Waals surface area contributed by atoms with Crippen LogP contribution in [0.25, 0.3) is 0 Å². The number of halogens is 4. The largest absolute Gasteiger partial charge is 0.387 e. The van der Waals surface area contributed by atoms with Crippen LogP contribution in [0.1, 0.15) is 11.7 Å². The normalized spacial score (nSPS) is 12.2. The predicted octanol–water partition coefficient (Wildman–Crippen LogP) is 5.04. The van der Waals surface area contributed by atoms with E-state index in [0.717, 1.165) is 4.47 Å².